The molecule has 110 valence electrons. The fourth-order valence-corrected chi connectivity index (χ4v) is 1.75. The lowest BCUT2D eigenvalue weighted by atomic mass is 10.0. The summed E-state index contributed by atoms with van der Waals surface area (Å²) in [6.07, 6.45) is -1.26. The van der Waals surface area contributed by atoms with Crippen molar-refractivity contribution in [3.63, 3.8) is 0 Å². The van der Waals surface area contributed by atoms with Gasteiger partial charge >= 0.3 is 0 Å². The predicted octanol–water partition coefficient (Wildman–Crippen LogP) is 2.24. The largest absolute Gasteiger partial charge is 0.496 e. The zero-order valence-electron chi connectivity index (χ0n) is 12.0. The van der Waals surface area contributed by atoms with Gasteiger partial charge in [-0.1, -0.05) is 12.1 Å². The van der Waals surface area contributed by atoms with Crippen LogP contribution in [-0.2, 0) is 14.3 Å². The lowest BCUT2D eigenvalue weighted by molar-refractivity contribution is -0.166. The van der Waals surface area contributed by atoms with Crippen LogP contribution in [0.1, 0.15) is 30.6 Å². The lowest BCUT2D eigenvalue weighted by Gasteiger charge is -2.15. The summed E-state index contributed by atoms with van der Waals surface area (Å²) in [6, 6.07) is 6.80. The number of methoxy groups -OCH3 is 1. The van der Waals surface area contributed by atoms with E-state index in [4.69, 9.17) is 14.2 Å². The molecule has 5 nitrogen and oxygen atoms in total. The maximum atomic E-state index is 12.1. The first kappa shape index (κ1) is 16.3. The minimum atomic E-state index is -0.983. The third-order valence-corrected chi connectivity index (χ3v) is 2.64. The quantitative estimate of drug-likeness (QED) is 0.394. The van der Waals surface area contributed by atoms with Crippen molar-refractivity contribution >= 4 is 11.6 Å². The summed E-state index contributed by atoms with van der Waals surface area (Å²) in [5.41, 5.74) is 0.384. The number of rotatable bonds is 9. The van der Waals surface area contributed by atoms with Crippen molar-refractivity contribution in [1.29, 1.82) is 0 Å². The van der Waals surface area contributed by atoms with Gasteiger partial charge in [0.05, 0.1) is 19.1 Å². The molecule has 0 aliphatic heterocycles. The average Bonchev–Trinajstić information content (AvgIpc) is 2.46. The fourth-order valence-electron chi connectivity index (χ4n) is 1.75. The highest BCUT2D eigenvalue weighted by Gasteiger charge is 2.23. The highest BCUT2D eigenvalue weighted by Crippen LogP contribution is 2.19. The molecule has 0 heterocycles. The van der Waals surface area contributed by atoms with Crippen molar-refractivity contribution in [3.05, 3.63) is 29.8 Å². The summed E-state index contributed by atoms with van der Waals surface area (Å²) in [6.45, 7) is 4.22. The zero-order valence-corrected chi connectivity index (χ0v) is 12.0. The number of ketones is 2. The van der Waals surface area contributed by atoms with E-state index in [0.29, 0.717) is 24.5 Å². The number of ether oxygens (including phenoxy) is 3. The van der Waals surface area contributed by atoms with E-state index in [0.717, 1.165) is 0 Å². The highest BCUT2D eigenvalue weighted by atomic mass is 16.7. The molecule has 0 bridgehead atoms. The van der Waals surface area contributed by atoms with E-state index in [1.165, 1.54) is 7.11 Å². The molecule has 20 heavy (non-hydrogen) atoms. The van der Waals surface area contributed by atoms with Gasteiger partial charge in [-0.3, -0.25) is 9.59 Å². The van der Waals surface area contributed by atoms with Crippen LogP contribution in [0.5, 0.6) is 5.75 Å². The third-order valence-electron chi connectivity index (χ3n) is 2.64. The normalized spacial score (nSPS) is 10.6. The third kappa shape index (κ3) is 4.43. The first-order chi connectivity index (χ1) is 9.63. The molecule has 1 rings (SSSR count). The molecule has 0 radical (unpaired) electrons. The minimum absolute atomic E-state index is 0.273. The Morgan fingerprint density at radius 1 is 1.10 bits per heavy atom. The van der Waals surface area contributed by atoms with Gasteiger partial charge < -0.3 is 14.2 Å². The molecule has 0 aromatic heterocycles. The van der Waals surface area contributed by atoms with Gasteiger partial charge in [0.2, 0.25) is 6.29 Å². The van der Waals surface area contributed by atoms with E-state index in [1.807, 2.05) is 0 Å². The van der Waals surface area contributed by atoms with Crippen molar-refractivity contribution in [2.75, 3.05) is 20.3 Å². The van der Waals surface area contributed by atoms with Gasteiger partial charge in [-0.15, -0.1) is 0 Å². The van der Waals surface area contributed by atoms with E-state index in [2.05, 4.69) is 0 Å². The zero-order chi connectivity index (χ0) is 15.0. The number of hydrogen-bond acceptors (Lipinski definition) is 5. The van der Waals surface area contributed by atoms with Crippen molar-refractivity contribution in [2.24, 2.45) is 0 Å². The molecule has 0 spiro atoms. The molecule has 0 unspecified atom stereocenters. The molecular weight excluding hydrogens is 260 g/mol. The number of Topliss-reactive ketones (excluding diaryl/α,β-unsaturated/α-hetero) is 2. The van der Waals surface area contributed by atoms with Gasteiger partial charge in [-0.25, -0.2) is 0 Å². The van der Waals surface area contributed by atoms with Crippen LogP contribution in [0.15, 0.2) is 24.3 Å². The summed E-state index contributed by atoms with van der Waals surface area (Å²) in [5, 5.41) is 0. The Balaban J connectivity index is 2.75. The smallest absolute Gasteiger partial charge is 0.218 e. The van der Waals surface area contributed by atoms with Crippen molar-refractivity contribution in [1.82, 2.24) is 0 Å². The Hall–Kier alpha value is -1.72. The second kappa shape index (κ2) is 8.45. The Labute approximate surface area is 118 Å². The van der Waals surface area contributed by atoms with Gasteiger partial charge in [0.15, 0.2) is 11.6 Å². The van der Waals surface area contributed by atoms with Crippen LogP contribution < -0.4 is 4.74 Å². The molecule has 0 N–H and O–H groups in total. The minimum Gasteiger partial charge on any atom is -0.496 e. The number of carbonyl (C=O) groups is 2. The Kier molecular flexibility index (Phi) is 6.90. The van der Waals surface area contributed by atoms with Gasteiger partial charge in [-0.05, 0) is 26.0 Å². The molecule has 0 aliphatic carbocycles. The summed E-state index contributed by atoms with van der Waals surface area (Å²) < 4.78 is 15.5. The van der Waals surface area contributed by atoms with E-state index >= 15 is 0 Å². The number of hydrogen-bond donors (Lipinski definition) is 0. The van der Waals surface area contributed by atoms with E-state index in [1.54, 1.807) is 38.1 Å². The Morgan fingerprint density at radius 3 is 2.25 bits per heavy atom. The summed E-state index contributed by atoms with van der Waals surface area (Å²) >= 11 is 0. The van der Waals surface area contributed by atoms with Crippen LogP contribution in [0.25, 0.3) is 0 Å². The monoisotopic (exact) mass is 280 g/mol. The Bertz CT molecular complexity index is 449. The molecule has 0 aliphatic rings. The van der Waals surface area contributed by atoms with Crippen molar-refractivity contribution in [3.8, 4) is 5.75 Å². The summed E-state index contributed by atoms with van der Waals surface area (Å²) in [5.74, 6) is -0.240. The van der Waals surface area contributed by atoms with Gasteiger partial charge in [0, 0.05) is 13.2 Å². The van der Waals surface area contributed by atoms with Gasteiger partial charge in [-0.2, -0.15) is 0 Å². The predicted molar refractivity (Wildman–Crippen MR) is 74.0 cm³/mol. The van der Waals surface area contributed by atoms with E-state index in [-0.39, 0.29) is 18.0 Å². The molecule has 0 fully saturated rings. The molecule has 5 heteroatoms. The molecule has 0 amide bonds. The molecule has 0 saturated heterocycles. The maximum Gasteiger partial charge on any atom is 0.218 e. The van der Waals surface area contributed by atoms with Crippen LogP contribution in [0, 0.1) is 0 Å². The van der Waals surface area contributed by atoms with Gasteiger partial charge in [0.1, 0.15) is 5.75 Å². The fraction of sp³-hybridized carbons (Fsp3) is 0.467. The second-order valence-electron chi connectivity index (χ2n) is 4.01. The number of carbonyl (C=O) groups excluding carboxylic acids is 2. The van der Waals surface area contributed by atoms with Crippen molar-refractivity contribution in [2.45, 2.75) is 26.6 Å². The topological polar surface area (TPSA) is 61.8 Å². The molecule has 1 aromatic rings. The lowest BCUT2D eigenvalue weighted by Crippen LogP contribution is -2.29. The Morgan fingerprint density at radius 2 is 1.70 bits per heavy atom. The molecule has 1 aromatic carbocycles. The second-order valence-corrected chi connectivity index (χ2v) is 4.01. The molecular formula is C15H20O5. The average molecular weight is 280 g/mol. The number of benzene rings is 1. The number of para-hydroxylation sites is 1. The highest BCUT2D eigenvalue weighted by molar-refractivity contribution is 6.10. The van der Waals surface area contributed by atoms with E-state index in [9.17, 15) is 9.59 Å². The summed E-state index contributed by atoms with van der Waals surface area (Å²) in [4.78, 5) is 24.1. The molecule has 0 atom stereocenters. The first-order valence-corrected chi connectivity index (χ1v) is 6.56. The van der Waals surface area contributed by atoms with Crippen LogP contribution in [-0.4, -0.2) is 38.2 Å². The van der Waals surface area contributed by atoms with E-state index < -0.39 is 6.29 Å². The first-order valence-electron chi connectivity index (χ1n) is 6.56. The maximum absolute atomic E-state index is 12.1. The van der Waals surface area contributed by atoms with Gasteiger partial charge in [0.25, 0.3) is 0 Å². The van der Waals surface area contributed by atoms with Crippen molar-refractivity contribution < 1.29 is 23.8 Å². The van der Waals surface area contributed by atoms with Crippen LogP contribution in [0.2, 0.25) is 0 Å². The molecule has 0 saturated carbocycles. The van der Waals surface area contributed by atoms with Crippen LogP contribution >= 0.6 is 0 Å². The standard InChI is InChI=1S/C15H20O5/c1-4-19-15(20-5-2)13(17)10-12(16)11-8-6-7-9-14(11)18-3/h6-9,15H,4-5,10H2,1-3H3. The SMILES string of the molecule is CCOC(OCC)C(=O)CC(=O)c1ccccc1OC. The summed E-state index contributed by atoms with van der Waals surface area (Å²) in [7, 11) is 1.48. The van der Waals surface area contributed by atoms with Crippen LogP contribution in [0.4, 0.5) is 0 Å². The van der Waals surface area contributed by atoms with Crippen LogP contribution in [0.3, 0.4) is 0 Å².